The number of fused-ring (bicyclic) bond motifs is 1. The number of aromatic nitrogens is 1. The molecular formula is C19H24N4O. The van der Waals surface area contributed by atoms with Gasteiger partial charge in [0.25, 0.3) is 0 Å². The summed E-state index contributed by atoms with van der Waals surface area (Å²) in [4.78, 5) is 6.84. The first-order valence-corrected chi connectivity index (χ1v) is 8.24. The Balaban J connectivity index is 1.73. The molecule has 0 spiro atoms. The fraction of sp³-hybridized carbons (Fsp3) is 0.316. The van der Waals surface area contributed by atoms with Gasteiger partial charge in [-0.05, 0) is 31.2 Å². The van der Waals surface area contributed by atoms with E-state index in [0.29, 0.717) is 6.54 Å². The first kappa shape index (κ1) is 16.2. The van der Waals surface area contributed by atoms with Crippen molar-refractivity contribution in [1.29, 1.82) is 0 Å². The number of benzene rings is 1. The Hall–Kier alpha value is -2.69. The molecule has 0 aliphatic heterocycles. The highest BCUT2D eigenvalue weighted by atomic mass is 16.3. The zero-order valence-electron chi connectivity index (χ0n) is 14.5. The van der Waals surface area contributed by atoms with Crippen LogP contribution in [-0.4, -0.2) is 29.0 Å². The Kier molecular flexibility index (Phi) is 4.89. The molecule has 3 aromatic rings. The van der Waals surface area contributed by atoms with Gasteiger partial charge in [0.1, 0.15) is 17.9 Å². The van der Waals surface area contributed by atoms with Crippen molar-refractivity contribution in [3.63, 3.8) is 0 Å². The number of hydrogen-bond donors (Lipinski definition) is 1. The molecule has 0 bridgehead atoms. The van der Waals surface area contributed by atoms with Gasteiger partial charge < -0.3 is 19.2 Å². The van der Waals surface area contributed by atoms with E-state index in [1.807, 2.05) is 25.2 Å². The summed E-state index contributed by atoms with van der Waals surface area (Å²) in [5, 5.41) is 4.46. The number of aryl methyl sites for hydroxylation is 1. The fourth-order valence-corrected chi connectivity index (χ4v) is 2.72. The molecule has 5 nitrogen and oxygen atoms in total. The average Bonchev–Trinajstić information content (AvgIpc) is 3.17. The number of nitrogens with one attached hydrogen (secondary N) is 1. The Morgan fingerprint density at radius 2 is 2.08 bits per heavy atom. The number of hydrogen-bond acceptors (Lipinski definition) is 2. The van der Waals surface area contributed by atoms with Gasteiger partial charge in [0.2, 0.25) is 0 Å². The minimum absolute atomic E-state index is 0.522. The van der Waals surface area contributed by atoms with Crippen molar-refractivity contribution in [2.45, 2.75) is 20.0 Å². The van der Waals surface area contributed by atoms with E-state index in [1.165, 1.54) is 5.69 Å². The molecule has 2 aromatic heterocycles. The average molecular weight is 324 g/mol. The predicted molar refractivity (Wildman–Crippen MR) is 97.9 cm³/mol. The number of aliphatic imine (C=N–C) groups is 1. The Labute approximate surface area is 142 Å². The number of furan rings is 1. The first-order valence-electron chi connectivity index (χ1n) is 8.24. The first-order chi connectivity index (χ1) is 11.7. The maximum atomic E-state index is 5.84. The second-order valence-electron chi connectivity index (χ2n) is 5.89. The molecule has 126 valence electrons. The summed E-state index contributed by atoms with van der Waals surface area (Å²) in [5.74, 6) is 1.75. The van der Waals surface area contributed by atoms with Crippen LogP contribution in [0.1, 0.15) is 18.4 Å². The second-order valence-corrected chi connectivity index (χ2v) is 5.89. The van der Waals surface area contributed by atoms with Gasteiger partial charge in [0, 0.05) is 37.9 Å². The normalized spacial score (nSPS) is 11.9. The highest BCUT2D eigenvalue weighted by Gasteiger charge is 2.09. The van der Waals surface area contributed by atoms with Gasteiger partial charge in [0.05, 0.1) is 6.54 Å². The van der Waals surface area contributed by atoms with E-state index in [-0.39, 0.29) is 0 Å². The zero-order chi connectivity index (χ0) is 16.9. The maximum absolute atomic E-state index is 5.84. The minimum atomic E-state index is 0.522. The number of rotatable bonds is 5. The topological polar surface area (TPSA) is 45.7 Å². The molecule has 0 saturated heterocycles. The standard InChI is InChI=1S/C19H24N4O/c1-4-20-19(23(3)14-16-9-7-11-22(16)2)21-13-17-12-15-8-5-6-10-18(15)24-17/h5-12H,4,13-14H2,1-3H3,(H,20,21). The highest BCUT2D eigenvalue weighted by Crippen LogP contribution is 2.19. The summed E-state index contributed by atoms with van der Waals surface area (Å²) in [6.07, 6.45) is 2.06. The summed E-state index contributed by atoms with van der Waals surface area (Å²) >= 11 is 0. The maximum Gasteiger partial charge on any atom is 0.194 e. The van der Waals surface area contributed by atoms with Gasteiger partial charge in [-0.3, -0.25) is 0 Å². The van der Waals surface area contributed by atoms with Gasteiger partial charge >= 0.3 is 0 Å². The summed E-state index contributed by atoms with van der Waals surface area (Å²) in [6.45, 7) is 4.23. The van der Waals surface area contributed by atoms with Crippen molar-refractivity contribution in [2.75, 3.05) is 13.6 Å². The van der Waals surface area contributed by atoms with Crippen molar-refractivity contribution in [3.8, 4) is 0 Å². The smallest absolute Gasteiger partial charge is 0.194 e. The molecule has 0 saturated carbocycles. The van der Waals surface area contributed by atoms with Gasteiger partial charge in [-0.2, -0.15) is 0 Å². The van der Waals surface area contributed by atoms with Crippen LogP contribution in [0.25, 0.3) is 11.0 Å². The van der Waals surface area contributed by atoms with Crippen LogP contribution in [0.4, 0.5) is 0 Å². The van der Waals surface area contributed by atoms with Gasteiger partial charge in [-0.15, -0.1) is 0 Å². The molecule has 24 heavy (non-hydrogen) atoms. The van der Waals surface area contributed by atoms with Crippen LogP contribution in [0.3, 0.4) is 0 Å². The third-order valence-corrected chi connectivity index (χ3v) is 4.01. The van der Waals surface area contributed by atoms with E-state index in [9.17, 15) is 0 Å². The lowest BCUT2D eigenvalue weighted by molar-refractivity contribution is 0.459. The molecule has 1 N–H and O–H groups in total. The highest BCUT2D eigenvalue weighted by molar-refractivity contribution is 5.80. The van der Waals surface area contributed by atoms with E-state index in [4.69, 9.17) is 9.41 Å². The van der Waals surface area contributed by atoms with Crippen LogP contribution in [0, 0.1) is 0 Å². The van der Waals surface area contributed by atoms with Crippen LogP contribution in [-0.2, 0) is 20.1 Å². The zero-order valence-corrected chi connectivity index (χ0v) is 14.5. The number of nitrogens with zero attached hydrogens (tertiary/aromatic N) is 3. The summed E-state index contributed by atoms with van der Waals surface area (Å²) in [5.41, 5.74) is 2.15. The van der Waals surface area contributed by atoms with Crippen LogP contribution in [0.2, 0.25) is 0 Å². The van der Waals surface area contributed by atoms with Gasteiger partial charge in [-0.1, -0.05) is 18.2 Å². The second kappa shape index (κ2) is 7.25. The van der Waals surface area contributed by atoms with Crippen molar-refractivity contribution < 1.29 is 4.42 Å². The molecule has 0 atom stereocenters. The fourth-order valence-electron chi connectivity index (χ4n) is 2.72. The molecular weight excluding hydrogens is 300 g/mol. The molecule has 1 aromatic carbocycles. The minimum Gasteiger partial charge on any atom is -0.459 e. The number of guanidine groups is 1. The molecule has 5 heteroatoms. The SMILES string of the molecule is CCNC(=NCc1cc2ccccc2o1)N(C)Cc1cccn1C. The number of para-hydroxylation sites is 1. The lowest BCUT2D eigenvalue weighted by Gasteiger charge is -2.22. The van der Waals surface area contributed by atoms with E-state index < -0.39 is 0 Å². The van der Waals surface area contributed by atoms with Crippen molar-refractivity contribution >= 4 is 16.9 Å². The molecule has 3 rings (SSSR count). The summed E-state index contributed by atoms with van der Waals surface area (Å²) in [7, 11) is 4.11. The summed E-state index contributed by atoms with van der Waals surface area (Å²) in [6, 6.07) is 14.3. The van der Waals surface area contributed by atoms with E-state index in [1.54, 1.807) is 0 Å². The third kappa shape index (κ3) is 3.62. The van der Waals surface area contributed by atoms with Crippen molar-refractivity contribution in [2.24, 2.45) is 12.0 Å². The molecule has 0 aliphatic carbocycles. The molecule has 0 amide bonds. The summed E-state index contributed by atoms with van der Waals surface area (Å²) < 4.78 is 7.97. The van der Waals surface area contributed by atoms with Gasteiger partial charge in [0.15, 0.2) is 5.96 Å². The third-order valence-electron chi connectivity index (χ3n) is 4.01. The van der Waals surface area contributed by atoms with Crippen LogP contribution in [0.5, 0.6) is 0 Å². The molecule has 0 unspecified atom stereocenters. The monoisotopic (exact) mass is 324 g/mol. The predicted octanol–water partition coefficient (Wildman–Crippen LogP) is 3.37. The quantitative estimate of drug-likeness (QED) is 0.578. The van der Waals surface area contributed by atoms with Crippen LogP contribution >= 0.6 is 0 Å². The largest absolute Gasteiger partial charge is 0.459 e. The Bertz CT molecular complexity index is 798. The van der Waals surface area contributed by atoms with Crippen LogP contribution in [0.15, 0.2) is 58.1 Å². The van der Waals surface area contributed by atoms with Crippen molar-refractivity contribution in [1.82, 2.24) is 14.8 Å². The van der Waals surface area contributed by atoms with Crippen molar-refractivity contribution in [3.05, 3.63) is 60.1 Å². The lowest BCUT2D eigenvalue weighted by atomic mass is 10.2. The molecule has 0 radical (unpaired) electrons. The van der Waals surface area contributed by atoms with E-state index in [2.05, 4.69) is 59.2 Å². The molecule has 2 heterocycles. The van der Waals surface area contributed by atoms with E-state index >= 15 is 0 Å². The van der Waals surface area contributed by atoms with Crippen LogP contribution < -0.4 is 5.32 Å². The Morgan fingerprint density at radius 3 is 2.79 bits per heavy atom. The molecule has 0 aliphatic rings. The van der Waals surface area contributed by atoms with Gasteiger partial charge in [-0.25, -0.2) is 4.99 Å². The Morgan fingerprint density at radius 1 is 1.25 bits per heavy atom. The lowest BCUT2D eigenvalue weighted by Crippen LogP contribution is -2.38. The van der Waals surface area contributed by atoms with E-state index in [0.717, 1.165) is 35.8 Å². The molecule has 0 fully saturated rings.